The van der Waals surface area contributed by atoms with E-state index in [9.17, 15) is 0 Å². The van der Waals surface area contributed by atoms with Crippen LogP contribution in [0.3, 0.4) is 0 Å². The number of para-hydroxylation sites is 2. The van der Waals surface area contributed by atoms with E-state index in [2.05, 4.69) is 21.4 Å². The molecule has 0 spiro atoms. The summed E-state index contributed by atoms with van der Waals surface area (Å²) in [6.07, 6.45) is 0. The molecule has 3 nitrogen and oxygen atoms in total. The topological polar surface area (TPSA) is 29.0 Å². The van der Waals surface area contributed by atoms with Crippen LogP contribution in [0.2, 0.25) is 0 Å². The first-order chi connectivity index (χ1) is 8.08. The predicted molar refractivity (Wildman–Crippen MR) is 72.4 cm³/mol. The number of fused-ring (bicyclic) bond motifs is 1. The van der Waals surface area contributed by atoms with Crippen LogP contribution in [0.25, 0.3) is 11.0 Å². The summed E-state index contributed by atoms with van der Waals surface area (Å²) in [5, 5.41) is 0. The summed E-state index contributed by atoms with van der Waals surface area (Å²) in [4.78, 5) is 11.3. The Kier molecular flexibility index (Phi) is 3.09. The molecular weight excluding hydrogens is 210 g/mol. The van der Waals surface area contributed by atoms with E-state index in [1.807, 2.05) is 45.2 Å². The molecule has 0 aliphatic rings. The molecule has 1 heterocycles. The third kappa shape index (κ3) is 2.44. The maximum atomic E-state index is 4.65. The molecule has 0 atom stereocenters. The van der Waals surface area contributed by atoms with Crippen molar-refractivity contribution in [2.24, 2.45) is 0 Å². The zero-order valence-corrected chi connectivity index (χ0v) is 10.6. The highest BCUT2D eigenvalue weighted by atomic mass is 15.2. The maximum Gasteiger partial charge on any atom is 0.150 e. The molecular formula is C14H17N3. The van der Waals surface area contributed by atoms with Crippen LogP contribution in [0.4, 0.5) is 5.82 Å². The van der Waals surface area contributed by atoms with Crippen LogP contribution in [-0.2, 0) is 0 Å². The molecule has 1 aromatic heterocycles. The monoisotopic (exact) mass is 227 g/mol. The summed E-state index contributed by atoms with van der Waals surface area (Å²) in [5.41, 5.74) is 3.94. The van der Waals surface area contributed by atoms with E-state index in [1.165, 1.54) is 0 Å². The quantitative estimate of drug-likeness (QED) is 0.755. The van der Waals surface area contributed by atoms with Crippen molar-refractivity contribution >= 4 is 16.9 Å². The number of hydrogen-bond donors (Lipinski definition) is 0. The summed E-state index contributed by atoms with van der Waals surface area (Å²) < 4.78 is 0. The first-order valence-electron chi connectivity index (χ1n) is 5.67. The zero-order chi connectivity index (χ0) is 12.4. The van der Waals surface area contributed by atoms with Crippen LogP contribution < -0.4 is 4.90 Å². The van der Waals surface area contributed by atoms with Crippen LogP contribution in [-0.4, -0.2) is 23.6 Å². The van der Waals surface area contributed by atoms with Gasteiger partial charge in [-0.05, 0) is 26.0 Å². The Labute approximate surface area is 102 Å². The van der Waals surface area contributed by atoms with E-state index in [0.717, 1.165) is 34.7 Å². The van der Waals surface area contributed by atoms with Gasteiger partial charge in [0.15, 0.2) is 5.82 Å². The number of benzene rings is 1. The molecule has 2 rings (SSSR count). The van der Waals surface area contributed by atoms with Crippen molar-refractivity contribution < 1.29 is 0 Å². The number of likely N-dealkylation sites (N-methyl/N-ethyl adjacent to an activating group) is 1. The van der Waals surface area contributed by atoms with Crippen molar-refractivity contribution in [1.82, 2.24) is 9.97 Å². The van der Waals surface area contributed by atoms with E-state index >= 15 is 0 Å². The van der Waals surface area contributed by atoms with Gasteiger partial charge in [-0.2, -0.15) is 0 Å². The molecule has 0 N–H and O–H groups in total. The molecule has 3 heteroatoms. The Hall–Kier alpha value is -1.90. The summed E-state index contributed by atoms with van der Waals surface area (Å²) in [5.74, 6) is 0.923. The Bertz CT molecular complexity index is 560. The number of anilines is 1. The lowest BCUT2D eigenvalue weighted by molar-refractivity contribution is 0.939. The molecule has 0 fully saturated rings. The van der Waals surface area contributed by atoms with Gasteiger partial charge in [0.25, 0.3) is 0 Å². The van der Waals surface area contributed by atoms with Crippen LogP contribution >= 0.6 is 0 Å². The van der Waals surface area contributed by atoms with Gasteiger partial charge < -0.3 is 4.90 Å². The van der Waals surface area contributed by atoms with Crippen molar-refractivity contribution in [3.8, 4) is 0 Å². The first kappa shape index (κ1) is 11.6. The zero-order valence-electron chi connectivity index (χ0n) is 10.6. The summed E-state index contributed by atoms with van der Waals surface area (Å²) in [6, 6.07) is 7.93. The largest absolute Gasteiger partial charge is 0.354 e. The van der Waals surface area contributed by atoms with Crippen LogP contribution in [0.1, 0.15) is 12.6 Å². The minimum atomic E-state index is 0.799. The van der Waals surface area contributed by atoms with Crippen LogP contribution in [0.15, 0.2) is 36.4 Å². The average molecular weight is 227 g/mol. The van der Waals surface area contributed by atoms with Gasteiger partial charge in [0.05, 0.1) is 16.7 Å². The first-order valence-corrected chi connectivity index (χ1v) is 5.67. The molecule has 0 amide bonds. The van der Waals surface area contributed by atoms with Crippen molar-refractivity contribution in [2.45, 2.75) is 13.8 Å². The number of aromatic nitrogens is 2. The molecule has 0 saturated heterocycles. The SMILES string of the molecule is C=C(C)CN(C)c1nc2ccccc2nc1C. The Morgan fingerprint density at radius 3 is 2.41 bits per heavy atom. The van der Waals surface area contributed by atoms with Gasteiger partial charge in [-0.3, -0.25) is 0 Å². The number of aryl methyl sites for hydroxylation is 1. The van der Waals surface area contributed by atoms with Gasteiger partial charge in [0.2, 0.25) is 0 Å². The summed E-state index contributed by atoms with van der Waals surface area (Å²) in [6.45, 7) is 8.73. The normalized spacial score (nSPS) is 10.5. The fraction of sp³-hybridized carbons (Fsp3) is 0.286. The van der Waals surface area contributed by atoms with E-state index in [1.54, 1.807) is 0 Å². The second kappa shape index (κ2) is 4.53. The Balaban J connectivity index is 2.46. The van der Waals surface area contributed by atoms with Gasteiger partial charge in [0.1, 0.15) is 0 Å². The van der Waals surface area contributed by atoms with E-state index in [4.69, 9.17) is 0 Å². The molecule has 17 heavy (non-hydrogen) atoms. The van der Waals surface area contributed by atoms with E-state index in [0.29, 0.717) is 0 Å². The number of rotatable bonds is 3. The van der Waals surface area contributed by atoms with Crippen molar-refractivity contribution in [1.29, 1.82) is 0 Å². The van der Waals surface area contributed by atoms with Crippen molar-refractivity contribution in [3.05, 3.63) is 42.1 Å². The molecule has 1 aromatic carbocycles. The standard InChI is InChI=1S/C14H17N3/c1-10(2)9-17(4)14-11(3)15-12-7-5-6-8-13(12)16-14/h5-8H,1,9H2,2-4H3. The molecule has 0 bridgehead atoms. The highest BCUT2D eigenvalue weighted by Crippen LogP contribution is 2.19. The summed E-state index contributed by atoms with van der Waals surface area (Å²) in [7, 11) is 2.01. The molecule has 88 valence electrons. The Morgan fingerprint density at radius 2 is 1.82 bits per heavy atom. The Morgan fingerprint density at radius 1 is 1.24 bits per heavy atom. The highest BCUT2D eigenvalue weighted by Gasteiger charge is 2.09. The minimum absolute atomic E-state index is 0.799. The third-order valence-corrected chi connectivity index (χ3v) is 2.59. The number of hydrogen-bond acceptors (Lipinski definition) is 3. The second-order valence-corrected chi connectivity index (χ2v) is 4.43. The summed E-state index contributed by atoms with van der Waals surface area (Å²) >= 11 is 0. The minimum Gasteiger partial charge on any atom is -0.354 e. The fourth-order valence-electron chi connectivity index (χ4n) is 1.92. The fourth-order valence-corrected chi connectivity index (χ4v) is 1.92. The third-order valence-electron chi connectivity index (χ3n) is 2.59. The lowest BCUT2D eigenvalue weighted by Crippen LogP contribution is -2.21. The second-order valence-electron chi connectivity index (χ2n) is 4.43. The van der Waals surface area contributed by atoms with Gasteiger partial charge in [-0.15, -0.1) is 0 Å². The number of nitrogens with zero attached hydrogens (tertiary/aromatic N) is 3. The molecule has 0 radical (unpaired) electrons. The van der Waals surface area contributed by atoms with E-state index in [-0.39, 0.29) is 0 Å². The molecule has 0 aliphatic carbocycles. The van der Waals surface area contributed by atoms with Gasteiger partial charge >= 0.3 is 0 Å². The van der Waals surface area contributed by atoms with Gasteiger partial charge in [-0.25, -0.2) is 9.97 Å². The smallest absolute Gasteiger partial charge is 0.150 e. The maximum absolute atomic E-state index is 4.65. The molecule has 0 unspecified atom stereocenters. The lowest BCUT2D eigenvalue weighted by atomic mass is 10.2. The lowest BCUT2D eigenvalue weighted by Gasteiger charge is -2.20. The molecule has 0 aliphatic heterocycles. The average Bonchev–Trinajstić information content (AvgIpc) is 2.27. The van der Waals surface area contributed by atoms with Crippen molar-refractivity contribution in [2.75, 3.05) is 18.5 Å². The molecule has 0 saturated carbocycles. The van der Waals surface area contributed by atoms with Crippen LogP contribution in [0.5, 0.6) is 0 Å². The highest BCUT2D eigenvalue weighted by molar-refractivity contribution is 5.76. The van der Waals surface area contributed by atoms with Crippen LogP contribution in [0, 0.1) is 6.92 Å². The van der Waals surface area contributed by atoms with Crippen molar-refractivity contribution in [3.63, 3.8) is 0 Å². The van der Waals surface area contributed by atoms with E-state index < -0.39 is 0 Å². The van der Waals surface area contributed by atoms with Gasteiger partial charge in [0, 0.05) is 13.6 Å². The predicted octanol–water partition coefficient (Wildman–Crippen LogP) is 2.95. The van der Waals surface area contributed by atoms with Gasteiger partial charge in [-0.1, -0.05) is 24.3 Å². The molecule has 2 aromatic rings.